The van der Waals surface area contributed by atoms with E-state index in [1.807, 2.05) is 55.5 Å². The van der Waals surface area contributed by atoms with Crippen molar-refractivity contribution in [3.05, 3.63) is 100 Å². The number of amides is 1. The number of anilines is 1. The monoisotopic (exact) mass is 415 g/mol. The lowest BCUT2D eigenvalue weighted by Crippen LogP contribution is -2.15. The molecule has 0 aliphatic rings. The van der Waals surface area contributed by atoms with Crippen LogP contribution in [-0.4, -0.2) is 12.5 Å². The molecular weight excluding hydrogens is 394 g/mol. The summed E-state index contributed by atoms with van der Waals surface area (Å²) in [5.41, 5.74) is 1.44. The van der Waals surface area contributed by atoms with Crippen LogP contribution in [-0.2, 0) is 6.61 Å². The van der Waals surface area contributed by atoms with Crippen molar-refractivity contribution in [2.45, 2.75) is 13.5 Å². The Balaban J connectivity index is 1.54. The minimum atomic E-state index is -0.601. The van der Waals surface area contributed by atoms with Crippen LogP contribution in [0.5, 0.6) is 11.5 Å². The van der Waals surface area contributed by atoms with Crippen molar-refractivity contribution in [1.82, 2.24) is 0 Å². The lowest BCUT2D eigenvalue weighted by atomic mass is 10.1. The molecule has 0 radical (unpaired) electrons. The normalized spacial score (nSPS) is 10.6. The maximum atomic E-state index is 12.9. The van der Waals surface area contributed by atoms with Gasteiger partial charge in [0.05, 0.1) is 12.2 Å². The second-order valence-electron chi connectivity index (χ2n) is 6.83. The summed E-state index contributed by atoms with van der Waals surface area (Å²) in [4.78, 5) is 24.9. The van der Waals surface area contributed by atoms with Crippen molar-refractivity contribution in [3.8, 4) is 11.5 Å². The molecule has 4 rings (SSSR count). The quantitative estimate of drug-likeness (QED) is 0.429. The molecule has 0 spiro atoms. The zero-order chi connectivity index (χ0) is 21.6. The van der Waals surface area contributed by atoms with Gasteiger partial charge in [-0.25, -0.2) is 4.79 Å². The molecule has 6 heteroatoms. The maximum Gasteiger partial charge on any atom is 0.337 e. The van der Waals surface area contributed by atoms with Gasteiger partial charge < -0.3 is 19.2 Å². The van der Waals surface area contributed by atoms with Crippen LogP contribution in [0, 0.1) is 0 Å². The Bertz CT molecular complexity index is 1260. The van der Waals surface area contributed by atoms with E-state index in [0.29, 0.717) is 35.6 Å². The van der Waals surface area contributed by atoms with Gasteiger partial charge in [-0.2, -0.15) is 0 Å². The van der Waals surface area contributed by atoms with Crippen molar-refractivity contribution in [2.75, 3.05) is 11.9 Å². The Morgan fingerprint density at radius 2 is 1.74 bits per heavy atom. The van der Waals surface area contributed by atoms with Gasteiger partial charge in [0.25, 0.3) is 5.91 Å². The van der Waals surface area contributed by atoms with Crippen molar-refractivity contribution < 1.29 is 18.7 Å². The van der Waals surface area contributed by atoms with Gasteiger partial charge in [-0.3, -0.25) is 4.79 Å². The van der Waals surface area contributed by atoms with Crippen LogP contribution in [0.25, 0.3) is 11.0 Å². The molecule has 6 nitrogen and oxygen atoms in total. The minimum Gasteiger partial charge on any atom is -0.494 e. The summed E-state index contributed by atoms with van der Waals surface area (Å²) in [6, 6.07) is 23.1. The molecule has 1 aromatic heterocycles. The average Bonchev–Trinajstić information content (AvgIpc) is 2.78. The van der Waals surface area contributed by atoms with Crippen molar-refractivity contribution in [2.24, 2.45) is 0 Å². The first-order valence-corrected chi connectivity index (χ1v) is 9.91. The molecular formula is C25H21NO5. The number of nitrogens with one attached hydrogen (secondary N) is 1. The zero-order valence-electron chi connectivity index (χ0n) is 17.0. The first-order chi connectivity index (χ1) is 15.1. The highest BCUT2D eigenvalue weighted by Gasteiger charge is 2.14. The van der Waals surface area contributed by atoms with Gasteiger partial charge in [0.1, 0.15) is 23.7 Å². The number of carbonyl (C=O) groups is 1. The molecule has 1 amide bonds. The van der Waals surface area contributed by atoms with Crippen LogP contribution >= 0.6 is 0 Å². The van der Waals surface area contributed by atoms with Crippen LogP contribution in [0.2, 0.25) is 0 Å². The number of hydrogen-bond acceptors (Lipinski definition) is 5. The van der Waals surface area contributed by atoms with E-state index in [4.69, 9.17) is 13.9 Å². The highest BCUT2D eigenvalue weighted by molar-refractivity contribution is 6.12. The Labute approximate surface area is 179 Å². The zero-order valence-corrected chi connectivity index (χ0v) is 17.0. The van der Waals surface area contributed by atoms with Gasteiger partial charge in [0.2, 0.25) is 0 Å². The molecule has 156 valence electrons. The van der Waals surface area contributed by atoms with Crippen LogP contribution < -0.4 is 20.4 Å². The highest BCUT2D eigenvalue weighted by atomic mass is 16.5. The van der Waals surface area contributed by atoms with Gasteiger partial charge >= 0.3 is 5.63 Å². The topological polar surface area (TPSA) is 77.8 Å². The number of benzene rings is 3. The third-order valence-corrected chi connectivity index (χ3v) is 4.61. The molecule has 0 saturated carbocycles. The smallest absolute Gasteiger partial charge is 0.337 e. The summed E-state index contributed by atoms with van der Waals surface area (Å²) in [7, 11) is 0. The molecule has 31 heavy (non-hydrogen) atoms. The van der Waals surface area contributed by atoms with E-state index in [9.17, 15) is 9.59 Å². The molecule has 3 aromatic carbocycles. The predicted octanol–water partition coefficient (Wildman–Crippen LogP) is 5.02. The fraction of sp³-hybridized carbons (Fsp3) is 0.120. The van der Waals surface area contributed by atoms with E-state index in [-0.39, 0.29) is 5.56 Å². The Morgan fingerprint density at radius 1 is 0.903 bits per heavy atom. The minimum absolute atomic E-state index is 0.236. The number of fused-ring (bicyclic) bond motifs is 1. The van der Waals surface area contributed by atoms with E-state index < -0.39 is 11.5 Å². The summed E-state index contributed by atoms with van der Waals surface area (Å²) in [5.74, 6) is 0.941. The van der Waals surface area contributed by atoms with Gasteiger partial charge in [-0.05, 0) is 48.9 Å². The van der Waals surface area contributed by atoms with Crippen molar-refractivity contribution in [3.63, 3.8) is 0 Å². The van der Waals surface area contributed by atoms with Gasteiger partial charge in [-0.1, -0.05) is 30.3 Å². The molecule has 0 saturated heterocycles. The number of carbonyl (C=O) groups excluding carboxylic acids is 1. The standard InChI is InChI=1S/C25H21NO5/c1-2-29-20-11-12-21-22(15-24(27)31-23(21)14-20)25(28)26-18-8-6-7-17(13-18)16-30-19-9-4-3-5-10-19/h3-15H,2,16H2,1H3,(H,26,28). The van der Waals surface area contributed by atoms with Gasteiger partial charge in [-0.15, -0.1) is 0 Å². The molecule has 0 aliphatic heterocycles. The molecule has 1 N–H and O–H groups in total. The number of hydrogen-bond donors (Lipinski definition) is 1. The molecule has 0 bridgehead atoms. The fourth-order valence-electron chi connectivity index (χ4n) is 3.21. The van der Waals surface area contributed by atoms with Crippen molar-refractivity contribution in [1.29, 1.82) is 0 Å². The van der Waals surface area contributed by atoms with Crippen molar-refractivity contribution >= 4 is 22.6 Å². The van der Waals surface area contributed by atoms with E-state index in [1.54, 1.807) is 24.3 Å². The average molecular weight is 415 g/mol. The molecule has 1 heterocycles. The third kappa shape index (κ3) is 4.93. The molecule has 0 atom stereocenters. The maximum absolute atomic E-state index is 12.9. The predicted molar refractivity (Wildman–Crippen MR) is 119 cm³/mol. The number of para-hydroxylation sites is 1. The number of rotatable bonds is 7. The largest absolute Gasteiger partial charge is 0.494 e. The summed E-state index contributed by atoms with van der Waals surface area (Å²) in [5, 5.41) is 3.38. The van der Waals surface area contributed by atoms with E-state index >= 15 is 0 Å². The summed E-state index contributed by atoms with van der Waals surface area (Å²) >= 11 is 0. The lowest BCUT2D eigenvalue weighted by molar-refractivity contribution is 0.102. The fourth-order valence-corrected chi connectivity index (χ4v) is 3.21. The summed E-state index contributed by atoms with van der Waals surface area (Å²) < 4.78 is 16.5. The van der Waals surface area contributed by atoms with E-state index in [0.717, 1.165) is 11.3 Å². The van der Waals surface area contributed by atoms with Crippen LogP contribution in [0.15, 0.2) is 88.1 Å². The second kappa shape index (κ2) is 9.17. The molecule has 0 unspecified atom stereocenters. The summed E-state index contributed by atoms with van der Waals surface area (Å²) in [6.07, 6.45) is 0. The Hall–Kier alpha value is -4.06. The Kier molecular flexibility index (Phi) is 5.98. The summed E-state index contributed by atoms with van der Waals surface area (Å²) in [6.45, 7) is 2.72. The lowest BCUT2D eigenvalue weighted by Gasteiger charge is -2.10. The van der Waals surface area contributed by atoms with Gasteiger partial charge in [0.15, 0.2) is 0 Å². The molecule has 4 aromatic rings. The Morgan fingerprint density at radius 3 is 2.55 bits per heavy atom. The SMILES string of the molecule is CCOc1ccc2c(C(=O)Nc3cccc(COc4ccccc4)c3)cc(=O)oc2c1. The third-order valence-electron chi connectivity index (χ3n) is 4.61. The van der Waals surface area contributed by atoms with Gasteiger partial charge in [0, 0.05) is 23.2 Å². The first-order valence-electron chi connectivity index (χ1n) is 9.91. The van der Waals surface area contributed by atoms with Crippen LogP contribution in [0.3, 0.4) is 0 Å². The first kappa shape index (κ1) is 20.2. The van der Waals surface area contributed by atoms with E-state index in [1.165, 1.54) is 6.07 Å². The highest BCUT2D eigenvalue weighted by Crippen LogP contribution is 2.24. The van der Waals surface area contributed by atoms with Crippen LogP contribution in [0.4, 0.5) is 5.69 Å². The molecule has 0 aliphatic carbocycles. The second-order valence-corrected chi connectivity index (χ2v) is 6.83. The van der Waals surface area contributed by atoms with Crippen LogP contribution in [0.1, 0.15) is 22.8 Å². The number of ether oxygens (including phenoxy) is 2. The van der Waals surface area contributed by atoms with E-state index in [2.05, 4.69) is 5.32 Å². The molecule has 0 fully saturated rings.